The summed E-state index contributed by atoms with van der Waals surface area (Å²) in [6.07, 6.45) is 0. The van der Waals surface area contributed by atoms with Gasteiger partial charge in [-0.15, -0.1) is 0 Å². The van der Waals surface area contributed by atoms with Gasteiger partial charge in [0.15, 0.2) is 0 Å². The van der Waals surface area contributed by atoms with Gasteiger partial charge < -0.3 is 9.90 Å². The number of hydrogen-bond acceptors (Lipinski definition) is 2. The summed E-state index contributed by atoms with van der Waals surface area (Å²) in [7, 11) is 0. The zero-order chi connectivity index (χ0) is 10.3. The number of aliphatic carboxylic acids is 1. The first-order valence-electron chi connectivity index (χ1n) is 3.92. The lowest BCUT2D eigenvalue weighted by molar-refractivity contribution is -0.299. The summed E-state index contributed by atoms with van der Waals surface area (Å²) >= 11 is 0. The van der Waals surface area contributed by atoms with Crippen LogP contribution in [0.5, 0.6) is 0 Å². The zero-order valence-electron chi connectivity index (χ0n) is 7.91. The molecule has 0 atom stereocenters. The van der Waals surface area contributed by atoms with Crippen LogP contribution in [-0.2, 0) is 4.79 Å². The summed E-state index contributed by atoms with van der Waals surface area (Å²) in [5.74, 6) is -1.19. The minimum Gasteiger partial charge on any atom is -0.545 e. The number of carbonyl (C=O) groups is 1. The van der Waals surface area contributed by atoms with Gasteiger partial charge in [0.05, 0.1) is 5.97 Å². The Kier molecular flexibility index (Phi) is 5.28. The largest absolute Gasteiger partial charge is 0.545 e. The lowest BCUT2D eigenvalue weighted by Crippen LogP contribution is -2.22. The van der Waals surface area contributed by atoms with E-state index in [9.17, 15) is 9.90 Å². The summed E-state index contributed by atoms with van der Waals surface area (Å²) in [6, 6.07) is 10.3. The lowest BCUT2D eigenvalue weighted by atomic mass is 10.2. The molecule has 0 saturated heterocycles. The van der Waals surface area contributed by atoms with E-state index < -0.39 is 5.97 Å². The van der Waals surface area contributed by atoms with Gasteiger partial charge in [-0.2, -0.15) is 0 Å². The molecule has 0 aromatic heterocycles. The van der Waals surface area contributed by atoms with Crippen LogP contribution in [0.2, 0.25) is 0 Å². The Morgan fingerprint density at radius 2 is 1.69 bits per heavy atom. The normalized spacial score (nSPS) is 8.15. The molecule has 2 nitrogen and oxygen atoms in total. The van der Waals surface area contributed by atoms with Gasteiger partial charge >= 0.3 is 0 Å². The standard InChI is InChI=1S/C7H8.C4H6O2/c1-7-5-3-2-4-6-7;1-3(2)4(5)6/h2-6H,1H3;1H2,2H3,(H,5,6)/p-1. The molecule has 2 heteroatoms. The van der Waals surface area contributed by atoms with E-state index in [1.165, 1.54) is 12.5 Å². The predicted octanol–water partition coefficient (Wildman–Crippen LogP) is 1.31. The molecular formula is C11H13O2-. The van der Waals surface area contributed by atoms with Crippen molar-refractivity contribution in [3.05, 3.63) is 48.0 Å². The maximum Gasteiger partial charge on any atom is 0.0666 e. The number of carboxylic acid groups (broad SMARTS) is 1. The average molecular weight is 177 g/mol. The van der Waals surface area contributed by atoms with Crippen LogP contribution < -0.4 is 5.11 Å². The van der Waals surface area contributed by atoms with Gasteiger partial charge in [0.25, 0.3) is 0 Å². The molecule has 70 valence electrons. The lowest BCUT2D eigenvalue weighted by Gasteiger charge is -1.93. The van der Waals surface area contributed by atoms with Crippen molar-refractivity contribution in [1.82, 2.24) is 0 Å². The first-order chi connectivity index (χ1) is 6.04. The molecule has 0 N–H and O–H groups in total. The maximum atomic E-state index is 9.49. The van der Waals surface area contributed by atoms with E-state index >= 15 is 0 Å². The Balaban J connectivity index is 0.000000226. The summed E-state index contributed by atoms with van der Waals surface area (Å²) in [4.78, 5) is 9.49. The van der Waals surface area contributed by atoms with E-state index in [0.717, 1.165) is 0 Å². The number of hydrogen-bond donors (Lipinski definition) is 0. The topological polar surface area (TPSA) is 40.1 Å². The van der Waals surface area contributed by atoms with E-state index in [4.69, 9.17) is 0 Å². The summed E-state index contributed by atoms with van der Waals surface area (Å²) in [6.45, 7) is 6.56. The van der Waals surface area contributed by atoms with Gasteiger partial charge in [0.1, 0.15) is 0 Å². The van der Waals surface area contributed by atoms with Gasteiger partial charge in [0, 0.05) is 0 Å². The van der Waals surface area contributed by atoms with Crippen molar-refractivity contribution < 1.29 is 9.90 Å². The molecule has 0 heterocycles. The highest BCUT2D eigenvalue weighted by Crippen LogP contribution is 1.92. The molecule has 0 saturated carbocycles. The fourth-order valence-corrected chi connectivity index (χ4v) is 0.534. The molecule has 0 radical (unpaired) electrons. The van der Waals surface area contributed by atoms with Gasteiger partial charge in [-0.3, -0.25) is 0 Å². The zero-order valence-corrected chi connectivity index (χ0v) is 7.91. The van der Waals surface area contributed by atoms with Gasteiger partial charge in [0.2, 0.25) is 0 Å². The van der Waals surface area contributed by atoms with Gasteiger partial charge in [-0.25, -0.2) is 0 Å². The predicted molar refractivity (Wildman–Crippen MR) is 51.0 cm³/mol. The molecule has 0 spiro atoms. The molecule has 0 fully saturated rings. The highest BCUT2D eigenvalue weighted by Gasteiger charge is 1.76. The van der Waals surface area contributed by atoms with E-state index in [1.54, 1.807) is 0 Å². The average Bonchev–Trinajstić information content (AvgIpc) is 2.06. The Morgan fingerprint density at radius 1 is 1.31 bits per heavy atom. The third-order valence-electron chi connectivity index (χ3n) is 1.29. The Labute approximate surface area is 78.5 Å². The van der Waals surface area contributed by atoms with Crippen molar-refractivity contribution in [2.45, 2.75) is 13.8 Å². The second kappa shape index (κ2) is 6.00. The van der Waals surface area contributed by atoms with E-state index in [1.807, 2.05) is 18.2 Å². The van der Waals surface area contributed by atoms with Crippen LogP contribution in [0.25, 0.3) is 0 Å². The van der Waals surface area contributed by atoms with Crippen molar-refractivity contribution >= 4 is 5.97 Å². The monoisotopic (exact) mass is 177 g/mol. The molecule has 0 aliphatic heterocycles. The van der Waals surface area contributed by atoms with Crippen molar-refractivity contribution in [3.8, 4) is 0 Å². The number of rotatable bonds is 1. The molecular weight excluding hydrogens is 164 g/mol. The summed E-state index contributed by atoms with van der Waals surface area (Å²) in [5.41, 5.74) is 1.39. The molecule has 0 amide bonds. The van der Waals surface area contributed by atoms with Crippen LogP contribution in [-0.4, -0.2) is 5.97 Å². The number of carbonyl (C=O) groups excluding carboxylic acids is 1. The fraction of sp³-hybridized carbons (Fsp3) is 0.182. The van der Waals surface area contributed by atoms with Gasteiger partial charge in [-0.1, -0.05) is 42.5 Å². The molecule has 13 heavy (non-hydrogen) atoms. The van der Waals surface area contributed by atoms with Crippen LogP contribution in [0.15, 0.2) is 42.5 Å². The van der Waals surface area contributed by atoms with Crippen molar-refractivity contribution in [2.24, 2.45) is 0 Å². The van der Waals surface area contributed by atoms with Crippen LogP contribution in [0.4, 0.5) is 0 Å². The molecule has 1 rings (SSSR count). The number of aryl methyl sites for hydroxylation is 1. The van der Waals surface area contributed by atoms with Crippen LogP contribution in [0.1, 0.15) is 12.5 Å². The van der Waals surface area contributed by atoms with E-state index in [-0.39, 0.29) is 5.57 Å². The minimum atomic E-state index is -1.19. The second-order valence-corrected chi connectivity index (χ2v) is 2.72. The minimum absolute atomic E-state index is 0.0648. The maximum absolute atomic E-state index is 9.49. The Morgan fingerprint density at radius 3 is 1.85 bits per heavy atom. The first-order valence-corrected chi connectivity index (χ1v) is 3.92. The fourth-order valence-electron chi connectivity index (χ4n) is 0.534. The van der Waals surface area contributed by atoms with Crippen LogP contribution in [0.3, 0.4) is 0 Å². The highest BCUT2D eigenvalue weighted by atomic mass is 16.4. The summed E-state index contributed by atoms with van der Waals surface area (Å²) < 4.78 is 0. The Hall–Kier alpha value is -1.57. The third-order valence-corrected chi connectivity index (χ3v) is 1.29. The smallest absolute Gasteiger partial charge is 0.0666 e. The molecule has 1 aromatic rings. The highest BCUT2D eigenvalue weighted by molar-refractivity contribution is 5.82. The molecule has 0 aliphatic carbocycles. The Bertz CT molecular complexity index is 263. The number of benzene rings is 1. The third kappa shape index (κ3) is 6.81. The molecule has 1 aromatic carbocycles. The molecule has 0 unspecified atom stereocenters. The van der Waals surface area contributed by atoms with E-state index in [2.05, 4.69) is 25.6 Å². The van der Waals surface area contributed by atoms with Crippen molar-refractivity contribution in [2.75, 3.05) is 0 Å². The second-order valence-electron chi connectivity index (χ2n) is 2.72. The van der Waals surface area contributed by atoms with Crippen molar-refractivity contribution in [1.29, 1.82) is 0 Å². The van der Waals surface area contributed by atoms with Crippen molar-refractivity contribution in [3.63, 3.8) is 0 Å². The van der Waals surface area contributed by atoms with E-state index in [0.29, 0.717) is 0 Å². The van der Waals surface area contributed by atoms with Gasteiger partial charge in [-0.05, 0) is 19.4 Å². The summed E-state index contributed by atoms with van der Waals surface area (Å²) in [5, 5.41) is 9.49. The van der Waals surface area contributed by atoms with Crippen LogP contribution >= 0.6 is 0 Å². The van der Waals surface area contributed by atoms with Crippen LogP contribution in [0, 0.1) is 6.92 Å². The first kappa shape index (κ1) is 11.4. The molecule has 0 bridgehead atoms. The molecule has 0 aliphatic rings. The SMILES string of the molecule is C=C(C)C(=O)[O-].Cc1ccccc1. The number of carboxylic acids is 1. The quantitative estimate of drug-likeness (QED) is 0.607.